The summed E-state index contributed by atoms with van der Waals surface area (Å²) in [4.78, 5) is 69.6. The van der Waals surface area contributed by atoms with E-state index in [4.69, 9.17) is 0 Å². The van der Waals surface area contributed by atoms with Gasteiger partial charge in [0.2, 0.25) is 23.6 Å². The molecule has 2 saturated carbocycles. The van der Waals surface area contributed by atoms with Crippen molar-refractivity contribution in [3.63, 3.8) is 0 Å². The highest BCUT2D eigenvalue weighted by molar-refractivity contribution is 5.97. The molecule has 4 aromatic rings. The van der Waals surface area contributed by atoms with E-state index in [9.17, 15) is 24.0 Å². The Balaban J connectivity index is 0.985. The number of unbranched alkanes of at least 4 members (excludes halogenated alkanes) is 6. The maximum Gasteiger partial charge on any atom is 0.253 e. The Hall–Kier alpha value is -5.85. The van der Waals surface area contributed by atoms with Gasteiger partial charge >= 0.3 is 0 Å². The van der Waals surface area contributed by atoms with Gasteiger partial charge in [0.1, 0.15) is 11.7 Å². The molecule has 7 rings (SSSR count). The van der Waals surface area contributed by atoms with Crippen LogP contribution in [0, 0.1) is 11.8 Å². The summed E-state index contributed by atoms with van der Waals surface area (Å²) >= 11 is 0. The van der Waals surface area contributed by atoms with Crippen LogP contribution in [0.2, 0.25) is 0 Å². The number of carbonyl (C=O) groups is 5. The first-order valence-electron chi connectivity index (χ1n) is 22.8. The highest BCUT2D eigenvalue weighted by Crippen LogP contribution is 2.42. The number of carbonyl (C=O) groups excluding carboxylic acids is 5. The van der Waals surface area contributed by atoms with Crippen LogP contribution in [0.4, 0.5) is 0 Å². The molecule has 3 fully saturated rings. The lowest BCUT2D eigenvalue weighted by Gasteiger charge is -2.18. The quantitative estimate of drug-likeness (QED) is 0.0691. The molecule has 0 unspecified atom stereocenters. The molecule has 2 heterocycles. The van der Waals surface area contributed by atoms with Crippen LogP contribution in [0.25, 0.3) is 11.3 Å². The second-order valence-electron chi connectivity index (χ2n) is 17.3. The predicted octanol–water partition coefficient (Wildman–Crippen LogP) is 6.13. The van der Waals surface area contributed by atoms with Crippen molar-refractivity contribution in [2.75, 3.05) is 19.6 Å². The van der Waals surface area contributed by atoms with E-state index >= 15 is 0 Å². The third kappa shape index (κ3) is 11.7. The molecule has 13 nitrogen and oxygen atoms in total. The Labute approximate surface area is 365 Å². The number of hydrogen-bond donors (Lipinski definition) is 4. The average Bonchev–Trinajstić information content (AvgIpc) is 4.13. The fourth-order valence-electron chi connectivity index (χ4n) is 8.66. The van der Waals surface area contributed by atoms with Crippen LogP contribution in [0.3, 0.4) is 0 Å². The van der Waals surface area contributed by atoms with Crippen molar-refractivity contribution >= 4 is 29.5 Å². The zero-order valence-electron chi connectivity index (χ0n) is 36.1. The van der Waals surface area contributed by atoms with Gasteiger partial charge in [-0.3, -0.25) is 24.0 Å². The topological polar surface area (TPSA) is 167 Å². The van der Waals surface area contributed by atoms with Gasteiger partial charge < -0.3 is 26.2 Å². The number of nitrogens with zero attached hydrogens (tertiary/aromatic N) is 4. The van der Waals surface area contributed by atoms with E-state index in [1.807, 2.05) is 36.4 Å². The fraction of sp³-hybridized carbons (Fsp3) is 0.490. The van der Waals surface area contributed by atoms with Gasteiger partial charge in [-0.2, -0.15) is 0 Å². The Bertz CT molecular complexity index is 2050. The largest absolute Gasteiger partial charge is 0.354 e. The molecule has 328 valence electrons. The van der Waals surface area contributed by atoms with Crippen molar-refractivity contribution < 1.29 is 24.0 Å². The Morgan fingerprint density at radius 1 is 0.694 bits per heavy atom. The third-order valence-corrected chi connectivity index (χ3v) is 12.5. The van der Waals surface area contributed by atoms with E-state index in [1.165, 1.54) is 11.1 Å². The Morgan fingerprint density at radius 2 is 1.26 bits per heavy atom. The smallest absolute Gasteiger partial charge is 0.253 e. The van der Waals surface area contributed by atoms with E-state index in [0.29, 0.717) is 24.2 Å². The zero-order valence-corrected chi connectivity index (χ0v) is 36.1. The van der Waals surface area contributed by atoms with Crippen LogP contribution in [-0.2, 0) is 25.7 Å². The van der Waals surface area contributed by atoms with Gasteiger partial charge in [0.05, 0.1) is 24.6 Å². The van der Waals surface area contributed by atoms with Crippen molar-refractivity contribution in [2.45, 2.75) is 121 Å². The Kier molecular flexibility index (Phi) is 15.2. The second kappa shape index (κ2) is 21.3. The van der Waals surface area contributed by atoms with E-state index in [2.05, 4.69) is 69.7 Å². The minimum atomic E-state index is -0.809. The Morgan fingerprint density at radius 3 is 1.82 bits per heavy atom. The van der Waals surface area contributed by atoms with Crippen LogP contribution in [-0.4, -0.2) is 87.2 Å². The summed E-state index contributed by atoms with van der Waals surface area (Å²) in [5.41, 5.74) is 4.05. The van der Waals surface area contributed by atoms with Crippen molar-refractivity contribution in [1.29, 1.82) is 0 Å². The molecule has 2 aliphatic carbocycles. The molecule has 3 aromatic carbocycles. The molecule has 1 aromatic heterocycles. The molecule has 0 bridgehead atoms. The molecular weight excluding hydrogens is 781 g/mol. The lowest BCUT2D eigenvalue weighted by molar-refractivity contribution is -0.133. The molecule has 5 amide bonds. The molecule has 1 saturated heterocycles. The molecule has 0 spiro atoms. The number of nitrogens with one attached hydrogen (secondary N) is 4. The van der Waals surface area contributed by atoms with Crippen LogP contribution in [0.5, 0.6) is 0 Å². The molecule has 62 heavy (non-hydrogen) atoms. The van der Waals surface area contributed by atoms with Gasteiger partial charge in [-0.1, -0.05) is 130 Å². The lowest BCUT2D eigenvalue weighted by Crippen LogP contribution is -2.49. The monoisotopic (exact) mass is 842 g/mol. The molecule has 7 atom stereocenters. The minimum Gasteiger partial charge on any atom is -0.354 e. The van der Waals surface area contributed by atoms with Crippen molar-refractivity contribution in [1.82, 2.24) is 41.2 Å². The molecule has 3 aliphatic rings. The molecule has 13 heteroatoms. The maximum absolute atomic E-state index is 14.0. The number of likely N-dealkylation sites (tertiary alicyclic amines) is 1. The number of hydrogen-bond acceptors (Lipinski definition) is 7. The van der Waals surface area contributed by atoms with Crippen LogP contribution >= 0.6 is 0 Å². The number of rotatable bonds is 22. The maximum atomic E-state index is 14.0. The normalized spacial score (nSPS) is 21.7. The molecule has 0 radical (unpaired) electrons. The predicted molar refractivity (Wildman–Crippen MR) is 238 cm³/mol. The zero-order chi connectivity index (χ0) is 43.4. The standard InChI is InChI=1S/C49H62N8O5/c1-3-5-7-15-21-45(58)51-44(48(61)50-26-16-8-6-4-2)32-57-31-43(54-55-57)35-22-24-36(25-23-35)49(62)56-29-39(46(59)52-41-27-37(41)33-17-11-9-12-18-33)40(30-56)47(60)53-42-28-38(42)34-19-13-10-14-20-34/h9-14,17-20,22-25,31,37-42,44H,3-8,15-16,21,26-30,32H2,1-2H3,(H,50,61)(H,51,58)(H,52,59)(H,53,60)/t37-,38-,39-,40-,41+,42+,44+/m1/s1. The van der Waals surface area contributed by atoms with Gasteiger partial charge in [-0.25, -0.2) is 4.68 Å². The van der Waals surface area contributed by atoms with E-state index in [0.717, 1.165) is 69.8 Å². The summed E-state index contributed by atoms with van der Waals surface area (Å²) in [6.07, 6.45) is 11.8. The summed E-state index contributed by atoms with van der Waals surface area (Å²) in [6.45, 7) is 5.19. The summed E-state index contributed by atoms with van der Waals surface area (Å²) in [7, 11) is 0. The van der Waals surface area contributed by atoms with Gasteiger partial charge in [-0.05, 0) is 48.9 Å². The molecular formula is C49H62N8O5. The first kappa shape index (κ1) is 44.2. The van der Waals surface area contributed by atoms with E-state index in [1.54, 1.807) is 40.0 Å². The SMILES string of the molecule is CCCCCCNC(=O)[C@H](Cn1cc(-c2ccc(C(=O)N3C[C@@H](C(=O)N[C@H]4C[C@@H]4c4ccccc4)[C@H](C(=O)N[C@H]4C[C@@H]4c4ccccc4)C3)cc2)nn1)NC(=O)CCCCCC. The molecule has 1 aliphatic heterocycles. The van der Waals surface area contributed by atoms with Gasteiger partial charge in [-0.15, -0.1) is 5.10 Å². The molecule has 4 N–H and O–H groups in total. The van der Waals surface area contributed by atoms with Gasteiger partial charge in [0.25, 0.3) is 5.91 Å². The van der Waals surface area contributed by atoms with Gasteiger partial charge in [0.15, 0.2) is 0 Å². The summed E-state index contributed by atoms with van der Waals surface area (Å²) < 4.78 is 1.56. The average molecular weight is 843 g/mol. The summed E-state index contributed by atoms with van der Waals surface area (Å²) in [6, 6.07) is 26.4. The highest BCUT2D eigenvalue weighted by atomic mass is 16.2. The third-order valence-electron chi connectivity index (χ3n) is 12.5. The number of benzene rings is 3. The first-order valence-corrected chi connectivity index (χ1v) is 22.8. The number of amides is 5. The van der Waals surface area contributed by atoms with Crippen molar-refractivity contribution in [2.24, 2.45) is 11.8 Å². The van der Waals surface area contributed by atoms with Gasteiger partial charge in [0, 0.05) is 61.1 Å². The fourth-order valence-corrected chi connectivity index (χ4v) is 8.66. The van der Waals surface area contributed by atoms with E-state index in [-0.39, 0.29) is 73.1 Å². The minimum absolute atomic E-state index is 0.00259. The lowest BCUT2D eigenvalue weighted by atomic mass is 9.94. The van der Waals surface area contributed by atoms with Crippen LogP contribution in [0.1, 0.15) is 118 Å². The first-order chi connectivity index (χ1) is 30.2. The highest BCUT2D eigenvalue weighted by Gasteiger charge is 2.49. The van der Waals surface area contributed by atoms with Crippen LogP contribution < -0.4 is 21.3 Å². The van der Waals surface area contributed by atoms with Crippen molar-refractivity contribution in [3.05, 3.63) is 108 Å². The summed E-state index contributed by atoms with van der Waals surface area (Å²) in [5.74, 6) is -1.96. The van der Waals surface area contributed by atoms with Crippen LogP contribution in [0.15, 0.2) is 91.1 Å². The van der Waals surface area contributed by atoms with Crippen molar-refractivity contribution in [3.8, 4) is 11.3 Å². The number of aromatic nitrogens is 3. The van der Waals surface area contributed by atoms with E-state index < -0.39 is 17.9 Å². The summed E-state index contributed by atoms with van der Waals surface area (Å²) in [5, 5.41) is 20.9. The second-order valence-corrected chi connectivity index (χ2v) is 17.3.